The molecule has 0 fully saturated rings. The smallest absolute Gasteiger partial charge is 0.159 e. The Kier molecular flexibility index (Phi) is 10.1. The molecule has 5 heteroatoms. The lowest BCUT2D eigenvalue weighted by atomic mass is 9.97. The third-order valence-electron chi connectivity index (χ3n) is 5.37. The van der Waals surface area contributed by atoms with Crippen LogP contribution in [0.5, 0.6) is 0 Å². The summed E-state index contributed by atoms with van der Waals surface area (Å²) < 4.78 is 5.42. The minimum atomic E-state index is 0.0476. The highest BCUT2D eigenvalue weighted by molar-refractivity contribution is 6.02. The van der Waals surface area contributed by atoms with Gasteiger partial charge in [-0.2, -0.15) is 0 Å². The number of benzene rings is 1. The van der Waals surface area contributed by atoms with Gasteiger partial charge in [-0.05, 0) is 24.8 Å². The van der Waals surface area contributed by atoms with Crippen molar-refractivity contribution < 1.29 is 14.6 Å². The first kappa shape index (κ1) is 23.3. The normalized spacial score (nSPS) is 18.5. The average Bonchev–Trinajstić information content (AvgIpc) is 2.72. The Labute approximate surface area is 175 Å². The average molecular weight is 401 g/mol. The Balaban J connectivity index is 2.30. The van der Waals surface area contributed by atoms with Crippen LogP contribution in [0.4, 0.5) is 0 Å². The molecule has 0 saturated heterocycles. The molecule has 0 aliphatic carbocycles. The highest BCUT2D eigenvalue weighted by Crippen LogP contribution is 2.23. The lowest BCUT2D eigenvalue weighted by molar-refractivity contribution is -0.116. The molecule has 0 saturated carbocycles. The molecule has 0 unspecified atom stereocenters. The molecule has 0 amide bonds. The monoisotopic (exact) mass is 400 g/mol. The molecule has 0 radical (unpaired) electrons. The number of aliphatic hydroxyl groups excluding tert-OH is 1. The van der Waals surface area contributed by atoms with Gasteiger partial charge in [0.25, 0.3) is 0 Å². The molecule has 1 aromatic rings. The predicted octanol–water partition coefficient (Wildman–Crippen LogP) is 4.20. The summed E-state index contributed by atoms with van der Waals surface area (Å²) >= 11 is 0. The van der Waals surface area contributed by atoms with Gasteiger partial charge in [-0.25, -0.2) is 0 Å². The van der Waals surface area contributed by atoms with Gasteiger partial charge in [-0.3, -0.25) is 9.79 Å². The maximum Gasteiger partial charge on any atom is 0.159 e. The van der Waals surface area contributed by atoms with Crippen molar-refractivity contribution in [1.82, 2.24) is 4.90 Å². The van der Waals surface area contributed by atoms with Gasteiger partial charge in [-0.15, -0.1) is 0 Å². The van der Waals surface area contributed by atoms with Crippen LogP contribution in [0.1, 0.15) is 57.9 Å². The number of carbonyl (C=O) groups excluding carboxylic acids is 1. The molecule has 1 aromatic carbocycles. The molecule has 5 nitrogen and oxygen atoms in total. The zero-order valence-electron chi connectivity index (χ0n) is 18.1. The number of hydrogen-bond acceptors (Lipinski definition) is 4. The molecule has 160 valence electrons. The number of nitrogens with zero attached hydrogens (tertiary/aromatic N) is 2. The molecule has 1 heterocycles. The number of aliphatic hydroxyl groups is 1. The third-order valence-corrected chi connectivity index (χ3v) is 5.37. The van der Waals surface area contributed by atoms with E-state index < -0.39 is 0 Å². The zero-order valence-corrected chi connectivity index (χ0v) is 18.1. The molecule has 0 aromatic heterocycles. The van der Waals surface area contributed by atoms with Gasteiger partial charge in [0.05, 0.1) is 12.6 Å². The van der Waals surface area contributed by atoms with Crippen LogP contribution in [0.2, 0.25) is 0 Å². The van der Waals surface area contributed by atoms with Crippen LogP contribution in [-0.4, -0.2) is 54.0 Å². The topological polar surface area (TPSA) is 62.1 Å². The number of hydrogen-bond donors (Lipinski definition) is 1. The van der Waals surface area contributed by atoms with Crippen molar-refractivity contribution in [1.29, 1.82) is 0 Å². The van der Waals surface area contributed by atoms with Gasteiger partial charge >= 0.3 is 0 Å². The highest BCUT2D eigenvalue weighted by atomic mass is 16.5. The Bertz CT molecular complexity index is 670. The van der Waals surface area contributed by atoms with E-state index in [1.165, 1.54) is 0 Å². The summed E-state index contributed by atoms with van der Waals surface area (Å²) in [5.41, 5.74) is 1.05. The lowest BCUT2D eigenvalue weighted by Crippen LogP contribution is -2.41. The Morgan fingerprint density at radius 1 is 1.21 bits per heavy atom. The number of ether oxygens (including phenoxy) is 1. The second-order valence-corrected chi connectivity index (χ2v) is 8.06. The minimum absolute atomic E-state index is 0.0476. The zero-order chi connectivity index (χ0) is 21.1. The number of carbonyl (C=O) groups is 1. The summed E-state index contributed by atoms with van der Waals surface area (Å²) in [6, 6.07) is 10.4. The first-order valence-electron chi connectivity index (χ1n) is 10.8. The Morgan fingerprint density at radius 3 is 2.59 bits per heavy atom. The van der Waals surface area contributed by atoms with E-state index in [0.717, 1.165) is 43.5 Å². The number of unbranched alkanes of at least 4 members (excludes halogenated alkanes) is 3. The van der Waals surface area contributed by atoms with E-state index in [-0.39, 0.29) is 24.5 Å². The molecule has 1 aliphatic rings. The van der Waals surface area contributed by atoms with Gasteiger partial charge in [0.1, 0.15) is 5.84 Å². The highest BCUT2D eigenvalue weighted by Gasteiger charge is 2.27. The number of rotatable bonds is 11. The van der Waals surface area contributed by atoms with E-state index in [1.807, 2.05) is 24.4 Å². The van der Waals surface area contributed by atoms with Crippen LogP contribution in [0.15, 0.2) is 47.6 Å². The Hall–Kier alpha value is -1.98. The van der Waals surface area contributed by atoms with E-state index in [4.69, 9.17) is 14.8 Å². The van der Waals surface area contributed by atoms with Gasteiger partial charge in [-0.1, -0.05) is 63.4 Å². The van der Waals surface area contributed by atoms with Crippen molar-refractivity contribution in [2.24, 2.45) is 10.9 Å². The van der Waals surface area contributed by atoms with Crippen molar-refractivity contribution in [2.75, 3.05) is 20.3 Å². The van der Waals surface area contributed by atoms with Gasteiger partial charge in [0.2, 0.25) is 0 Å². The molecular formula is C24H36N2O3. The van der Waals surface area contributed by atoms with Crippen LogP contribution < -0.4 is 0 Å². The van der Waals surface area contributed by atoms with Crippen molar-refractivity contribution in [2.45, 2.75) is 64.5 Å². The Morgan fingerprint density at radius 2 is 1.93 bits per heavy atom. The molecule has 2 atom stereocenters. The predicted molar refractivity (Wildman–Crippen MR) is 118 cm³/mol. The van der Waals surface area contributed by atoms with Crippen LogP contribution >= 0.6 is 0 Å². The first-order chi connectivity index (χ1) is 14.1. The van der Waals surface area contributed by atoms with Crippen LogP contribution in [0, 0.1) is 5.92 Å². The molecule has 2 rings (SSSR count). The van der Waals surface area contributed by atoms with E-state index in [1.54, 1.807) is 13.2 Å². The molecule has 1 aliphatic heterocycles. The van der Waals surface area contributed by atoms with Crippen molar-refractivity contribution >= 4 is 11.6 Å². The fraction of sp³-hybridized carbons (Fsp3) is 0.583. The van der Waals surface area contributed by atoms with E-state index in [0.29, 0.717) is 18.9 Å². The number of allylic oxidation sites excluding steroid dienone is 1. The summed E-state index contributed by atoms with van der Waals surface area (Å²) in [5, 5.41) is 8.97. The molecule has 29 heavy (non-hydrogen) atoms. The summed E-state index contributed by atoms with van der Waals surface area (Å²) in [4.78, 5) is 19.4. The maximum atomic E-state index is 12.1. The molecule has 0 bridgehead atoms. The second kappa shape index (κ2) is 12.6. The van der Waals surface area contributed by atoms with Gasteiger partial charge in [0, 0.05) is 37.9 Å². The van der Waals surface area contributed by atoms with Gasteiger partial charge in [0.15, 0.2) is 5.78 Å². The number of aliphatic imine (C=N–C) groups is 1. The fourth-order valence-electron chi connectivity index (χ4n) is 3.60. The molecular weight excluding hydrogens is 364 g/mol. The summed E-state index contributed by atoms with van der Waals surface area (Å²) in [7, 11) is 1.71. The summed E-state index contributed by atoms with van der Waals surface area (Å²) in [6.07, 6.45) is 8.99. The van der Waals surface area contributed by atoms with E-state index in [2.05, 4.69) is 30.9 Å². The molecule has 1 N–H and O–H groups in total. The van der Waals surface area contributed by atoms with E-state index >= 15 is 0 Å². The maximum absolute atomic E-state index is 12.1. The summed E-state index contributed by atoms with van der Waals surface area (Å²) in [6.45, 7) is 5.13. The van der Waals surface area contributed by atoms with Crippen LogP contribution in [0.25, 0.3) is 0 Å². The van der Waals surface area contributed by atoms with Crippen molar-refractivity contribution in [3.05, 3.63) is 48.2 Å². The molecule has 0 spiro atoms. The number of amidine groups is 1. The first-order valence-corrected chi connectivity index (χ1v) is 10.8. The lowest BCUT2D eigenvalue weighted by Gasteiger charge is -2.35. The largest absolute Gasteiger partial charge is 0.396 e. The quantitative estimate of drug-likeness (QED) is 0.343. The summed E-state index contributed by atoms with van der Waals surface area (Å²) in [5.74, 6) is 1.43. The standard InChI is InChI=1S/C24H36N2O3/c1-19(2)23(18-29-3)25-24(20-11-7-6-8-12-20)26-15-14-22(28)17-21(26)13-9-4-5-10-16-27/h6-8,11-12,14-15,19,21,23,27H,4-5,9-10,13,16-18H2,1-3H3/t21-,23-/m1/s1. The van der Waals surface area contributed by atoms with Crippen LogP contribution in [0.3, 0.4) is 0 Å². The number of ketones is 1. The second-order valence-electron chi connectivity index (χ2n) is 8.06. The van der Waals surface area contributed by atoms with Crippen molar-refractivity contribution in [3.63, 3.8) is 0 Å². The fourth-order valence-corrected chi connectivity index (χ4v) is 3.60. The van der Waals surface area contributed by atoms with Crippen LogP contribution in [-0.2, 0) is 9.53 Å². The minimum Gasteiger partial charge on any atom is -0.396 e. The SMILES string of the molecule is COC[C@@H](N=C(c1ccccc1)N1C=CC(=O)C[C@H]1CCCCCCO)C(C)C. The third kappa shape index (κ3) is 7.41. The number of methoxy groups -OCH3 is 1. The van der Waals surface area contributed by atoms with E-state index in [9.17, 15) is 4.79 Å². The van der Waals surface area contributed by atoms with Crippen molar-refractivity contribution in [3.8, 4) is 0 Å². The van der Waals surface area contributed by atoms with Gasteiger partial charge < -0.3 is 14.7 Å².